The molecule has 0 bridgehead atoms. The Morgan fingerprint density at radius 2 is 2.07 bits per heavy atom. The standard InChI is InChI=1S/C22H19N3O3S/c1-13-19(24-20(28-13)15-6-4-3-5-7-15)12-27-22(26)16-10-18(14-8-9-14)25-21(29-2)17(16)11-23/h3-7,10,14H,8-9,12H2,1-2H3. The monoisotopic (exact) mass is 405 g/mol. The summed E-state index contributed by atoms with van der Waals surface area (Å²) >= 11 is 1.36. The zero-order valence-corrected chi connectivity index (χ0v) is 17.0. The van der Waals surface area contributed by atoms with Gasteiger partial charge in [0.1, 0.15) is 29.2 Å². The predicted octanol–water partition coefficient (Wildman–Crippen LogP) is 4.87. The molecule has 3 aromatic rings. The minimum Gasteiger partial charge on any atom is -0.455 e. The van der Waals surface area contributed by atoms with Crippen molar-refractivity contribution in [3.05, 3.63) is 64.7 Å². The molecule has 6 nitrogen and oxygen atoms in total. The molecule has 1 aromatic carbocycles. The van der Waals surface area contributed by atoms with Crippen molar-refractivity contribution in [3.8, 4) is 17.5 Å². The van der Waals surface area contributed by atoms with Crippen LogP contribution in [-0.4, -0.2) is 22.2 Å². The van der Waals surface area contributed by atoms with E-state index in [4.69, 9.17) is 9.15 Å². The fourth-order valence-electron chi connectivity index (χ4n) is 3.02. The molecule has 7 heteroatoms. The van der Waals surface area contributed by atoms with E-state index in [0.29, 0.717) is 28.3 Å². The van der Waals surface area contributed by atoms with E-state index in [0.717, 1.165) is 24.1 Å². The fourth-order valence-corrected chi connectivity index (χ4v) is 3.58. The van der Waals surface area contributed by atoms with Crippen LogP contribution >= 0.6 is 11.8 Å². The maximum absolute atomic E-state index is 12.8. The molecule has 29 heavy (non-hydrogen) atoms. The molecule has 0 N–H and O–H groups in total. The smallest absolute Gasteiger partial charge is 0.340 e. The van der Waals surface area contributed by atoms with E-state index in [9.17, 15) is 10.1 Å². The number of hydrogen-bond acceptors (Lipinski definition) is 7. The van der Waals surface area contributed by atoms with Crippen molar-refractivity contribution in [1.29, 1.82) is 5.26 Å². The van der Waals surface area contributed by atoms with Crippen molar-refractivity contribution < 1.29 is 13.9 Å². The van der Waals surface area contributed by atoms with E-state index >= 15 is 0 Å². The van der Waals surface area contributed by atoms with Crippen molar-refractivity contribution in [1.82, 2.24) is 9.97 Å². The number of carbonyl (C=O) groups is 1. The van der Waals surface area contributed by atoms with Crippen LogP contribution in [0.4, 0.5) is 0 Å². The number of pyridine rings is 1. The van der Waals surface area contributed by atoms with Gasteiger partial charge in [-0.2, -0.15) is 5.26 Å². The van der Waals surface area contributed by atoms with E-state index < -0.39 is 5.97 Å². The second-order valence-electron chi connectivity index (χ2n) is 6.83. The molecule has 0 spiro atoms. The molecular weight excluding hydrogens is 386 g/mol. The Morgan fingerprint density at radius 3 is 2.72 bits per heavy atom. The van der Waals surface area contributed by atoms with Crippen molar-refractivity contribution in [2.75, 3.05) is 6.26 Å². The normalized spacial score (nSPS) is 13.1. The zero-order chi connectivity index (χ0) is 20.4. The summed E-state index contributed by atoms with van der Waals surface area (Å²) < 4.78 is 11.2. The van der Waals surface area contributed by atoms with Crippen LogP contribution in [0.1, 0.15) is 51.8 Å². The molecule has 1 saturated carbocycles. The topological polar surface area (TPSA) is 89.0 Å². The first-order chi connectivity index (χ1) is 14.1. The van der Waals surface area contributed by atoms with Crippen LogP contribution in [-0.2, 0) is 11.3 Å². The lowest BCUT2D eigenvalue weighted by atomic mass is 10.1. The highest BCUT2D eigenvalue weighted by atomic mass is 32.2. The first kappa shape index (κ1) is 19.2. The highest BCUT2D eigenvalue weighted by Gasteiger charge is 2.29. The number of ether oxygens (including phenoxy) is 1. The number of nitriles is 1. The molecule has 146 valence electrons. The van der Waals surface area contributed by atoms with Gasteiger partial charge in [-0.25, -0.2) is 14.8 Å². The number of thioether (sulfide) groups is 1. The summed E-state index contributed by atoms with van der Waals surface area (Å²) in [5.41, 5.74) is 2.78. The van der Waals surface area contributed by atoms with E-state index in [-0.39, 0.29) is 17.7 Å². The van der Waals surface area contributed by atoms with Crippen molar-refractivity contribution >= 4 is 17.7 Å². The molecule has 1 aliphatic carbocycles. The quantitative estimate of drug-likeness (QED) is 0.427. The van der Waals surface area contributed by atoms with Gasteiger partial charge in [0.25, 0.3) is 0 Å². The van der Waals surface area contributed by atoms with Gasteiger partial charge in [0, 0.05) is 17.2 Å². The average Bonchev–Trinajstić information content (AvgIpc) is 3.54. The molecule has 0 atom stereocenters. The minimum atomic E-state index is -0.551. The van der Waals surface area contributed by atoms with E-state index in [2.05, 4.69) is 16.0 Å². The number of nitrogens with zero attached hydrogens (tertiary/aromatic N) is 3. The number of carbonyl (C=O) groups excluding carboxylic acids is 1. The van der Waals surface area contributed by atoms with Crippen molar-refractivity contribution in [2.24, 2.45) is 0 Å². The van der Waals surface area contributed by atoms with Crippen LogP contribution in [0.25, 0.3) is 11.5 Å². The Labute approximate surface area is 172 Å². The third-order valence-electron chi connectivity index (χ3n) is 4.78. The third-order valence-corrected chi connectivity index (χ3v) is 5.46. The van der Waals surface area contributed by atoms with Crippen LogP contribution in [0.15, 0.2) is 45.8 Å². The van der Waals surface area contributed by atoms with E-state index in [1.807, 2.05) is 36.6 Å². The maximum Gasteiger partial charge on any atom is 0.340 e. The SMILES string of the molecule is CSc1nc(C2CC2)cc(C(=O)OCc2nc(-c3ccccc3)oc2C)c1C#N. The minimum absolute atomic E-state index is 0.0262. The molecule has 1 aliphatic rings. The molecular formula is C22H19N3O3S. The summed E-state index contributed by atoms with van der Waals surface area (Å²) in [7, 11) is 0. The lowest BCUT2D eigenvalue weighted by Gasteiger charge is -2.10. The lowest BCUT2D eigenvalue weighted by molar-refractivity contribution is 0.0466. The van der Waals surface area contributed by atoms with Crippen LogP contribution in [0, 0.1) is 18.3 Å². The maximum atomic E-state index is 12.8. The Bertz CT molecular complexity index is 1100. The number of hydrogen-bond donors (Lipinski definition) is 0. The van der Waals surface area contributed by atoms with Gasteiger partial charge >= 0.3 is 5.97 Å². The molecule has 1 fully saturated rings. The Morgan fingerprint density at radius 1 is 1.31 bits per heavy atom. The first-order valence-electron chi connectivity index (χ1n) is 9.28. The molecule has 0 radical (unpaired) electrons. The summed E-state index contributed by atoms with van der Waals surface area (Å²) in [4.78, 5) is 21.8. The zero-order valence-electron chi connectivity index (χ0n) is 16.1. The summed E-state index contributed by atoms with van der Waals surface area (Å²) in [6.45, 7) is 1.76. The number of rotatable bonds is 6. The summed E-state index contributed by atoms with van der Waals surface area (Å²) in [6, 6.07) is 13.3. The first-order valence-corrected chi connectivity index (χ1v) is 10.5. The average molecular weight is 405 g/mol. The van der Waals surface area contributed by atoms with Gasteiger partial charge in [-0.1, -0.05) is 18.2 Å². The lowest BCUT2D eigenvalue weighted by Crippen LogP contribution is -2.11. The van der Waals surface area contributed by atoms with Gasteiger partial charge in [-0.15, -0.1) is 11.8 Å². The van der Waals surface area contributed by atoms with Gasteiger partial charge in [-0.05, 0) is 44.2 Å². The number of oxazole rings is 1. The van der Waals surface area contributed by atoms with Crippen molar-refractivity contribution in [2.45, 2.75) is 37.3 Å². The molecule has 4 rings (SSSR count). The third kappa shape index (κ3) is 4.03. The Balaban J connectivity index is 1.56. The second-order valence-corrected chi connectivity index (χ2v) is 7.62. The van der Waals surface area contributed by atoms with Crippen LogP contribution in [0.3, 0.4) is 0 Å². The van der Waals surface area contributed by atoms with Gasteiger partial charge in [0.2, 0.25) is 5.89 Å². The van der Waals surface area contributed by atoms with Gasteiger partial charge < -0.3 is 9.15 Å². The number of aryl methyl sites for hydroxylation is 1. The molecule has 0 amide bonds. The van der Waals surface area contributed by atoms with Gasteiger partial charge in [0.05, 0.1) is 11.1 Å². The Hall–Kier alpha value is -3.11. The fraction of sp³-hybridized carbons (Fsp3) is 0.273. The predicted molar refractivity (Wildman–Crippen MR) is 109 cm³/mol. The van der Waals surface area contributed by atoms with E-state index in [1.165, 1.54) is 11.8 Å². The van der Waals surface area contributed by atoms with E-state index in [1.54, 1.807) is 13.0 Å². The van der Waals surface area contributed by atoms with Gasteiger partial charge in [0.15, 0.2) is 0 Å². The summed E-state index contributed by atoms with van der Waals surface area (Å²) in [6.07, 6.45) is 3.96. The van der Waals surface area contributed by atoms with Crippen LogP contribution in [0.2, 0.25) is 0 Å². The van der Waals surface area contributed by atoms with Crippen molar-refractivity contribution in [3.63, 3.8) is 0 Å². The number of aromatic nitrogens is 2. The van der Waals surface area contributed by atoms with Crippen LogP contribution < -0.4 is 0 Å². The summed E-state index contributed by atoms with van der Waals surface area (Å²) in [5, 5.41) is 10.1. The Kier molecular flexibility index (Phi) is 5.36. The highest BCUT2D eigenvalue weighted by molar-refractivity contribution is 7.98. The molecule has 0 saturated heterocycles. The highest BCUT2D eigenvalue weighted by Crippen LogP contribution is 2.40. The molecule has 2 heterocycles. The molecule has 0 aliphatic heterocycles. The number of esters is 1. The number of benzene rings is 1. The second kappa shape index (κ2) is 8.10. The molecule has 0 unspecified atom stereocenters. The largest absolute Gasteiger partial charge is 0.455 e. The van der Waals surface area contributed by atoms with Crippen LogP contribution in [0.5, 0.6) is 0 Å². The van der Waals surface area contributed by atoms with Gasteiger partial charge in [-0.3, -0.25) is 0 Å². The summed E-state index contributed by atoms with van der Waals surface area (Å²) in [5.74, 6) is 0.892. The molecule has 2 aromatic heterocycles.